The van der Waals surface area contributed by atoms with Crippen molar-refractivity contribution in [2.24, 2.45) is 11.8 Å². The fourth-order valence-electron chi connectivity index (χ4n) is 4.45. The Balaban J connectivity index is 1.96. The molecule has 0 saturated carbocycles. The summed E-state index contributed by atoms with van der Waals surface area (Å²) >= 11 is 0. The van der Waals surface area contributed by atoms with Crippen LogP contribution in [0.25, 0.3) is 0 Å². The molecule has 2 saturated heterocycles. The van der Waals surface area contributed by atoms with Gasteiger partial charge in [0.25, 0.3) is 0 Å². The molecule has 0 aliphatic carbocycles. The number of imide groups is 1. The number of carbonyl (C=O) groups is 3. The number of amides is 2. The molecule has 0 radical (unpaired) electrons. The van der Waals surface area contributed by atoms with Crippen molar-refractivity contribution in [1.29, 1.82) is 0 Å². The van der Waals surface area contributed by atoms with Crippen molar-refractivity contribution in [2.75, 3.05) is 27.2 Å². The zero-order chi connectivity index (χ0) is 22.4. The fraction of sp³-hybridized carbons (Fsp3) is 0.550. The lowest BCUT2D eigenvalue weighted by atomic mass is 9.81. The van der Waals surface area contributed by atoms with E-state index in [1.807, 2.05) is 6.92 Å². The lowest BCUT2D eigenvalue weighted by Crippen LogP contribution is -2.56. The Morgan fingerprint density at radius 3 is 2.37 bits per heavy atom. The topological polar surface area (TPSA) is 113 Å². The van der Waals surface area contributed by atoms with E-state index >= 15 is 0 Å². The molecule has 2 heterocycles. The van der Waals surface area contributed by atoms with Gasteiger partial charge in [-0.2, -0.15) is 4.31 Å². The zero-order valence-electron chi connectivity index (χ0n) is 17.7. The maximum absolute atomic E-state index is 13.2. The molecule has 0 bridgehead atoms. The summed E-state index contributed by atoms with van der Waals surface area (Å²) in [6, 6.07) is 5.78. The molecule has 164 valence electrons. The molecule has 2 fully saturated rings. The Labute approximate surface area is 176 Å². The van der Waals surface area contributed by atoms with Gasteiger partial charge in [-0.15, -0.1) is 0 Å². The number of nitrogens with zero attached hydrogens (tertiary/aromatic N) is 2. The monoisotopic (exact) mass is 437 g/mol. The molecule has 3 rings (SSSR count). The molecule has 30 heavy (non-hydrogen) atoms. The third-order valence-corrected chi connectivity index (χ3v) is 8.09. The molecule has 9 nitrogen and oxygen atoms in total. The van der Waals surface area contributed by atoms with Gasteiger partial charge in [0.1, 0.15) is 5.54 Å². The standard InChI is InChI=1S/C20H27N3O6S/c1-6-23(30(27,28)13-9-7-12(2)8-10-13)11-14-15-16(18(25)22(4)17(15)24)20(3,21-14)19(26)29-5/h7-10,14-16,21H,6,11H2,1-5H3/t14-,15+,16-,20-/m1/s1. The molecule has 0 spiro atoms. The van der Waals surface area contributed by atoms with Crippen molar-refractivity contribution in [3.63, 3.8) is 0 Å². The average molecular weight is 438 g/mol. The maximum Gasteiger partial charge on any atom is 0.326 e. The molecule has 10 heteroatoms. The van der Waals surface area contributed by atoms with E-state index in [0.717, 1.165) is 10.5 Å². The highest BCUT2D eigenvalue weighted by molar-refractivity contribution is 7.89. The first-order chi connectivity index (χ1) is 14.0. The van der Waals surface area contributed by atoms with Crippen molar-refractivity contribution in [2.45, 2.75) is 37.2 Å². The van der Waals surface area contributed by atoms with Gasteiger partial charge in [0.2, 0.25) is 21.8 Å². The van der Waals surface area contributed by atoms with Crippen LogP contribution in [0.15, 0.2) is 29.2 Å². The van der Waals surface area contributed by atoms with Gasteiger partial charge in [-0.1, -0.05) is 24.6 Å². The summed E-state index contributed by atoms with van der Waals surface area (Å²) < 4.78 is 32.5. The molecular weight excluding hydrogens is 410 g/mol. The zero-order valence-corrected chi connectivity index (χ0v) is 18.5. The summed E-state index contributed by atoms with van der Waals surface area (Å²) in [5.74, 6) is -3.38. The average Bonchev–Trinajstić information content (AvgIpc) is 3.14. The van der Waals surface area contributed by atoms with Gasteiger partial charge in [0.05, 0.1) is 23.8 Å². The quantitative estimate of drug-likeness (QED) is 0.497. The first kappa shape index (κ1) is 22.4. The van der Waals surface area contributed by atoms with Crippen LogP contribution in [0.2, 0.25) is 0 Å². The molecule has 1 aromatic carbocycles. The van der Waals surface area contributed by atoms with E-state index in [9.17, 15) is 22.8 Å². The number of hydrogen-bond acceptors (Lipinski definition) is 7. The van der Waals surface area contributed by atoms with Crippen molar-refractivity contribution in [3.05, 3.63) is 29.8 Å². The predicted molar refractivity (Wildman–Crippen MR) is 108 cm³/mol. The fourth-order valence-corrected chi connectivity index (χ4v) is 5.92. The number of methoxy groups -OCH3 is 1. The highest BCUT2D eigenvalue weighted by Crippen LogP contribution is 2.43. The van der Waals surface area contributed by atoms with Gasteiger partial charge in [-0.3, -0.25) is 24.6 Å². The van der Waals surface area contributed by atoms with E-state index in [2.05, 4.69) is 5.32 Å². The normalized spacial score (nSPS) is 28.9. The van der Waals surface area contributed by atoms with E-state index in [-0.39, 0.29) is 18.0 Å². The minimum atomic E-state index is -3.82. The van der Waals surface area contributed by atoms with Crippen molar-refractivity contribution in [1.82, 2.24) is 14.5 Å². The molecule has 2 amide bonds. The van der Waals surface area contributed by atoms with E-state index in [1.165, 1.54) is 37.5 Å². The Hall–Kier alpha value is -2.30. The summed E-state index contributed by atoms with van der Waals surface area (Å²) in [5.41, 5.74) is -0.488. The second kappa shape index (κ2) is 7.75. The van der Waals surface area contributed by atoms with E-state index in [0.29, 0.717) is 0 Å². The summed E-state index contributed by atoms with van der Waals surface area (Å²) in [6.07, 6.45) is 0. The molecule has 0 aromatic heterocycles. The number of nitrogens with one attached hydrogen (secondary N) is 1. The number of aryl methyl sites for hydroxylation is 1. The number of carbonyl (C=O) groups excluding carboxylic acids is 3. The molecule has 2 aliphatic heterocycles. The minimum Gasteiger partial charge on any atom is -0.468 e. The van der Waals surface area contributed by atoms with Crippen LogP contribution >= 0.6 is 0 Å². The number of likely N-dealkylation sites (tertiary alicyclic amines) is 1. The van der Waals surface area contributed by atoms with Crippen LogP contribution in [-0.4, -0.2) is 74.2 Å². The first-order valence-electron chi connectivity index (χ1n) is 9.73. The van der Waals surface area contributed by atoms with Crippen LogP contribution in [0, 0.1) is 18.8 Å². The molecule has 1 N–H and O–H groups in total. The second-order valence-electron chi connectivity index (χ2n) is 7.95. The van der Waals surface area contributed by atoms with Crippen LogP contribution in [-0.2, 0) is 29.1 Å². The number of rotatable bonds is 6. The molecule has 0 unspecified atom stereocenters. The van der Waals surface area contributed by atoms with Crippen molar-refractivity contribution < 1.29 is 27.5 Å². The molecular formula is C20H27N3O6S. The maximum atomic E-state index is 13.2. The first-order valence-corrected chi connectivity index (χ1v) is 11.2. The highest BCUT2D eigenvalue weighted by Gasteiger charge is 2.66. The Kier molecular flexibility index (Phi) is 5.78. The summed E-state index contributed by atoms with van der Waals surface area (Å²) in [6.45, 7) is 5.19. The number of ether oxygens (including phenoxy) is 1. The van der Waals surface area contributed by atoms with Crippen LogP contribution < -0.4 is 5.32 Å². The largest absolute Gasteiger partial charge is 0.468 e. The third-order valence-electron chi connectivity index (χ3n) is 6.13. The summed E-state index contributed by atoms with van der Waals surface area (Å²) in [7, 11) is -1.24. The molecule has 4 atom stereocenters. The summed E-state index contributed by atoms with van der Waals surface area (Å²) in [5, 5.41) is 3.05. The van der Waals surface area contributed by atoms with Gasteiger partial charge in [0, 0.05) is 26.2 Å². The van der Waals surface area contributed by atoms with Crippen molar-refractivity contribution >= 4 is 27.8 Å². The van der Waals surface area contributed by atoms with Crippen LogP contribution in [0.5, 0.6) is 0 Å². The number of hydrogen-bond donors (Lipinski definition) is 1. The van der Waals surface area contributed by atoms with Crippen molar-refractivity contribution in [3.8, 4) is 0 Å². The Morgan fingerprint density at radius 2 is 1.83 bits per heavy atom. The smallest absolute Gasteiger partial charge is 0.326 e. The second-order valence-corrected chi connectivity index (χ2v) is 9.89. The third kappa shape index (κ3) is 3.32. The van der Waals surface area contributed by atoms with Gasteiger partial charge < -0.3 is 4.74 Å². The molecule has 1 aromatic rings. The highest BCUT2D eigenvalue weighted by atomic mass is 32.2. The number of sulfonamides is 1. The van der Waals surface area contributed by atoms with Gasteiger partial charge in [-0.25, -0.2) is 8.42 Å². The Bertz CT molecular complexity index is 977. The van der Waals surface area contributed by atoms with Crippen LogP contribution in [0.3, 0.4) is 0 Å². The van der Waals surface area contributed by atoms with E-state index in [1.54, 1.807) is 19.1 Å². The Morgan fingerprint density at radius 1 is 1.23 bits per heavy atom. The molecule has 2 aliphatic rings. The predicted octanol–water partition coefficient (Wildman–Crippen LogP) is 0.140. The SMILES string of the molecule is CCN(C[C@H]1N[C@@](C)(C(=O)OC)[C@H]2C(=O)N(C)C(=O)[C@@H]12)S(=O)(=O)c1ccc(C)cc1. The number of fused-ring (bicyclic) bond motifs is 1. The van der Waals surface area contributed by atoms with E-state index < -0.39 is 51.2 Å². The number of benzene rings is 1. The minimum absolute atomic E-state index is 0.0622. The lowest BCUT2D eigenvalue weighted by molar-refractivity contribution is -0.152. The number of esters is 1. The van der Waals surface area contributed by atoms with Crippen LogP contribution in [0.4, 0.5) is 0 Å². The van der Waals surface area contributed by atoms with E-state index in [4.69, 9.17) is 4.74 Å². The van der Waals surface area contributed by atoms with Gasteiger partial charge >= 0.3 is 5.97 Å². The lowest BCUT2D eigenvalue weighted by Gasteiger charge is -2.29. The van der Waals surface area contributed by atoms with Crippen LogP contribution in [0.1, 0.15) is 19.4 Å². The van der Waals surface area contributed by atoms with Gasteiger partial charge in [-0.05, 0) is 26.0 Å². The van der Waals surface area contributed by atoms with Gasteiger partial charge in [0.15, 0.2) is 0 Å². The summed E-state index contributed by atoms with van der Waals surface area (Å²) in [4.78, 5) is 39.1. The number of likely N-dealkylation sites (N-methyl/N-ethyl adjacent to an activating group) is 1.